The Morgan fingerprint density at radius 1 is 1.31 bits per heavy atom. The topological polar surface area (TPSA) is 36.7 Å². The minimum Gasteiger partial charge on any atom is -0.260 e. The number of pyridine rings is 1. The maximum Gasteiger partial charge on any atom is 0.101 e. The Labute approximate surface area is 98.3 Å². The van der Waals surface area contributed by atoms with Crippen LogP contribution in [0.1, 0.15) is 63.1 Å². The Morgan fingerprint density at radius 2 is 2.12 bits per heavy atom. The number of unbranched alkanes of at least 4 members (excludes halogenated alkanes) is 3. The fourth-order valence-corrected chi connectivity index (χ4v) is 1.79. The molecule has 0 radical (unpaired) electrons. The van der Waals surface area contributed by atoms with Gasteiger partial charge in [0.1, 0.15) is 6.07 Å². The Balaban J connectivity index is 2.40. The summed E-state index contributed by atoms with van der Waals surface area (Å²) in [6, 6.07) is 5.92. The highest BCUT2D eigenvalue weighted by Crippen LogP contribution is 2.20. The number of hydrogen-bond acceptors (Lipinski definition) is 2. The first kappa shape index (κ1) is 12.7. The third kappa shape index (κ3) is 4.02. The third-order valence-corrected chi connectivity index (χ3v) is 2.91. The van der Waals surface area contributed by atoms with Crippen molar-refractivity contribution in [3.05, 3.63) is 29.6 Å². The largest absolute Gasteiger partial charge is 0.260 e. The molecule has 0 saturated carbocycles. The predicted molar refractivity (Wildman–Crippen MR) is 66.1 cm³/mol. The maximum absolute atomic E-state index is 8.68. The minimum absolute atomic E-state index is 0.504. The van der Waals surface area contributed by atoms with E-state index < -0.39 is 0 Å². The van der Waals surface area contributed by atoms with Crippen molar-refractivity contribution in [2.75, 3.05) is 0 Å². The predicted octanol–water partition coefficient (Wildman–Crippen LogP) is 4.03. The van der Waals surface area contributed by atoms with Crippen LogP contribution in [0.5, 0.6) is 0 Å². The van der Waals surface area contributed by atoms with Crippen LogP contribution in [-0.2, 0) is 0 Å². The molecular weight excluding hydrogens is 196 g/mol. The van der Waals surface area contributed by atoms with E-state index in [0.29, 0.717) is 11.5 Å². The van der Waals surface area contributed by atoms with Gasteiger partial charge < -0.3 is 0 Å². The summed E-state index contributed by atoms with van der Waals surface area (Å²) in [7, 11) is 0. The molecule has 86 valence electrons. The molecule has 0 N–H and O–H groups in total. The van der Waals surface area contributed by atoms with Gasteiger partial charge in [-0.3, -0.25) is 4.98 Å². The van der Waals surface area contributed by atoms with E-state index in [9.17, 15) is 0 Å². The van der Waals surface area contributed by atoms with Crippen LogP contribution in [0.4, 0.5) is 0 Å². The lowest BCUT2D eigenvalue weighted by molar-refractivity contribution is 0.572. The van der Waals surface area contributed by atoms with E-state index in [1.54, 1.807) is 6.20 Å². The first-order valence-corrected chi connectivity index (χ1v) is 6.14. The van der Waals surface area contributed by atoms with Crippen molar-refractivity contribution in [2.45, 2.75) is 51.9 Å². The van der Waals surface area contributed by atoms with Gasteiger partial charge in [0.15, 0.2) is 0 Å². The van der Waals surface area contributed by atoms with Gasteiger partial charge in [-0.15, -0.1) is 0 Å². The van der Waals surface area contributed by atoms with Gasteiger partial charge >= 0.3 is 0 Å². The Bertz CT molecular complexity index is 335. The summed E-state index contributed by atoms with van der Waals surface area (Å²) in [5, 5.41) is 8.68. The molecule has 0 saturated heterocycles. The van der Waals surface area contributed by atoms with Crippen LogP contribution in [0.25, 0.3) is 0 Å². The Hall–Kier alpha value is -1.36. The van der Waals surface area contributed by atoms with Crippen molar-refractivity contribution >= 4 is 0 Å². The van der Waals surface area contributed by atoms with Crippen LogP contribution >= 0.6 is 0 Å². The van der Waals surface area contributed by atoms with Crippen LogP contribution in [0.3, 0.4) is 0 Å². The monoisotopic (exact) mass is 216 g/mol. The molecule has 2 heteroatoms. The number of nitriles is 1. The molecule has 0 aliphatic rings. The van der Waals surface area contributed by atoms with Crippen LogP contribution < -0.4 is 0 Å². The van der Waals surface area contributed by atoms with Crippen molar-refractivity contribution in [3.63, 3.8) is 0 Å². The zero-order chi connectivity index (χ0) is 11.8. The van der Waals surface area contributed by atoms with Gasteiger partial charge in [-0.05, 0) is 24.5 Å². The lowest BCUT2D eigenvalue weighted by atomic mass is 9.98. The van der Waals surface area contributed by atoms with Crippen LogP contribution in [0, 0.1) is 11.3 Å². The van der Waals surface area contributed by atoms with E-state index in [0.717, 1.165) is 5.69 Å². The van der Waals surface area contributed by atoms with Gasteiger partial charge in [-0.2, -0.15) is 5.26 Å². The second kappa shape index (κ2) is 7.00. The molecule has 1 unspecified atom stereocenters. The zero-order valence-corrected chi connectivity index (χ0v) is 10.2. The van der Waals surface area contributed by atoms with E-state index in [4.69, 9.17) is 5.26 Å². The summed E-state index contributed by atoms with van der Waals surface area (Å²) in [4.78, 5) is 4.33. The zero-order valence-electron chi connectivity index (χ0n) is 10.2. The highest BCUT2D eigenvalue weighted by atomic mass is 14.7. The molecule has 1 aromatic heterocycles. The highest BCUT2D eigenvalue weighted by Gasteiger charge is 2.06. The van der Waals surface area contributed by atoms with E-state index in [1.165, 1.54) is 32.1 Å². The minimum atomic E-state index is 0.504. The van der Waals surface area contributed by atoms with E-state index in [2.05, 4.69) is 24.9 Å². The molecule has 0 fully saturated rings. The summed E-state index contributed by atoms with van der Waals surface area (Å²) < 4.78 is 0. The molecule has 1 rings (SSSR count). The van der Waals surface area contributed by atoms with Crippen LogP contribution in [0.2, 0.25) is 0 Å². The van der Waals surface area contributed by atoms with Gasteiger partial charge in [0.05, 0.1) is 5.56 Å². The van der Waals surface area contributed by atoms with Gasteiger partial charge in [-0.25, -0.2) is 0 Å². The average molecular weight is 216 g/mol. The SMILES string of the molecule is CCCCCCC(C)c1ccc(C#N)cn1. The normalized spacial score (nSPS) is 12.1. The Morgan fingerprint density at radius 3 is 2.69 bits per heavy atom. The number of nitrogens with zero attached hydrogens (tertiary/aromatic N) is 2. The lowest BCUT2D eigenvalue weighted by Crippen LogP contribution is -1.97. The van der Waals surface area contributed by atoms with Gasteiger partial charge in [0.25, 0.3) is 0 Å². The van der Waals surface area contributed by atoms with Crippen LogP contribution in [-0.4, -0.2) is 4.98 Å². The third-order valence-electron chi connectivity index (χ3n) is 2.91. The molecule has 0 aromatic carbocycles. The second-order valence-corrected chi connectivity index (χ2v) is 4.33. The molecule has 0 aliphatic carbocycles. The van der Waals surface area contributed by atoms with Gasteiger partial charge in [0, 0.05) is 11.9 Å². The molecule has 1 heterocycles. The highest BCUT2D eigenvalue weighted by molar-refractivity contribution is 5.27. The van der Waals surface area contributed by atoms with Gasteiger partial charge in [0.2, 0.25) is 0 Å². The maximum atomic E-state index is 8.68. The second-order valence-electron chi connectivity index (χ2n) is 4.33. The van der Waals surface area contributed by atoms with Crippen molar-refractivity contribution in [3.8, 4) is 6.07 Å². The van der Waals surface area contributed by atoms with Crippen molar-refractivity contribution in [2.24, 2.45) is 0 Å². The smallest absolute Gasteiger partial charge is 0.101 e. The summed E-state index contributed by atoms with van der Waals surface area (Å²) in [6.07, 6.45) is 8.06. The standard InChI is InChI=1S/C14H20N2/c1-3-4-5-6-7-12(2)14-9-8-13(10-15)11-16-14/h8-9,11-12H,3-7H2,1-2H3. The quantitative estimate of drug-likeness (QED) is 0.673. The fourth-order valence-electron chi connectivity index (χ4n) is 1.79. The summed E-state index contributed by atoms with van der Waals surface area (Å²) in [5.41, 5.74) is 1.75. The number of hydrogen-bond donors (Lipinski definition) is 0. The molecule has 0 spiro atoms. The van der Waals surface area contributed by atoms with Crippen molar-refractivity contribution in [1.82, 2.24) is 4.98 Å². The molecule has 1 atom stereocenters. The summed E-state index contributed by atoms with van der Waals surface area (Å²) in [5.74, 6) is 0.504. The molecule has 1 aromatic rings. The summed E-state index contributed by atoms with van der Waals surface area (Å²) in [6.45, 7) is 4.44. The van der Waals surface area contributed by atoms with Crippen molar-refractivity contribution < 1.29 is 0 Å². The molecule has 0 bridgehead atoms. The fraction of sp³-hybridized carbons (Fsp3) is 0.571. The first-order valence-electron chi connectivity index (χ1n) is 6.14. The molecule has 16 heavy (non-hydrogen) atoms. The molecule has 0 aliphatic heterocycles. The van der Waals surface area contributed by atoms with Crippen molar-refractivity contribution in [1.29, 1.82) is 5.26 Å². The van der Waals surface area contributed by atoms with E-state index >= 15 is 0 Å². The molecule has 2 nitrogen and oxygen atoms in total. The number of rotatable bonds is 6. The average Bonchev–Trinajstić information content (AvgIpc) is 2.34. The lowest BCUT2D eigenvalue weighted by Gasteiger charge is -2.10. The van der Waals surface area contributed by atoms with E-state index in [1.807, 2.05) is 12.1 Å². The number of aromatic nitrogens is 1. The van der Waals surface area contributed by atoms with Gasteiger partial charge in [-0.1, -0.05) is 39.5 Å². The Kier molecular flexibility index (Phi) is 5.56. The van der Waals surface area contributed by atoms with E-state index in [-0.39, 0.29) is 0 Å². The molecule has 0 amide bonds. The molecular formula is C14H20N2. The first-order chi connectivity index (χ1) is 7.77. The van der Waals surface area contributed by atoms with Crippen LogP contribution in [0.15, 0.2) is 18.3 Å². The summed E-state index contributed by atoms with van der Waals surface area (Å²) >= 11 is 0.